The van der Waals surface area contributed by atoms with Crippen molar-refractivity contribution in [2.45, 2.75) is 25.8 Å². The van der Waals surface area contributed by atoms with Crippen molar-refractivity contribution >= 4 is 17.5 Å². The van der Waals surface area contributed by atoms with Gasteiger partial charge in [-0.3, -0.25) is 14.5 Å². The first-order valence-electron chi connectivity index (χ1n) is 10.2. The highest BCUT2D eigenvalue weighted by atomic mass is 16.5. The van der Waals surface area contributed by atoms with Gasteiger partial charge in [-0.25, -0.2) is 0 Å². The van der Waals surface area contributed by atoms with E-state index in [4.69, 9.17) is 9.15 Å². The van der Waals surface area contributed by atoms with Crippen LogP contribution in [0, 0.1) is 6.92 Å². The van der Waals surface area contributed by atoms with Crippen molar-refractivity contribution in [1.29, 1.82) is 0 Å². The van der Waals surface area contributed by atoms with Crippen LogP contribution in [-0.2, 0) is 9.53 Å². The zero-order valence-electron chi connectivity index (χ0n) is 16.7. The summed E-state index contributed by atoms with van der Waals surface area (Å²) in [7, 11) is 0. The summed E-state index contributed by atoms with van der Waals surface area (Å²) in [5.41, 5.74) is 1.43. The van der Waals surface area contributed by atoms with Gasteiger partial charge >= 0.3 is 0 Å². The number of ether oxygens (including phenoxy) is 1. The number of nitrogens with zero attached hydrogens (tertiary/aromatic N) is 2. The van der Waals surface area contributed by atoms with Crippen molar-refractivity contribution in [1.82, 2.24) is 10.2 Å². The monoisotopic (exact) mass is 397 g/mol. The van der Waals surface area contributed by atoms with E-state index in [-0.39, 0.29) is 17.9 Å². The molecule has 2 aromatic rings. The fraction of sp³-hybridized carbons (Fsp3) is 0.455. The minimum atomic E-state index is -0.133. The topological polar surface area (TPSA) is 75.0 Å². The van der Waals surface area contributed by atoms with Gasteiger partial charge in [-0.2, -0.15) is 0 Å². The summed E-state index contributed by atoms with van der Waals surface area (Å²) in [5.74, 6) is 1.72. The molecule has 1 aromatic carbocycles. The van der Waals surface area contributed by atoms with Crippen LogP contribution >= 0.6 is 0 Å². The first-order chi connectivity index (χ1) is 14.1. The van der Waals surface area contributed by atoms with Gasteiger partial charge in [-0.05, 0) is 49.7 Å². The number of anilines is 1. The molecule has 0 aliphatic carbocycles. The van der Waals surface area contributed by atoms with E-state index in [0.29, 0.717) is 31.7 Å². The van der Waals surface area contributed by atoms with E-state index in [1.165, 1.54) is 0 Å². The molecule has 0 bridgehead atoms. The molecule has 29 heavy (non-hydrogen) atoms. The lowest BCUT2D eigenvalue weighted by Crippen LogP contribution is -2.43. The third-order valence-corrected chi connectivity index (χ3v) is 5.55. The molecule has 4 rings (SSSR count). The predicted molar refractivity (Wildman–Crippen MR) is 109 cm³/mol. The number of furan rings is 1. The molecule has 1 atom stereocenters. The maximum atomic E-state index is 12.7. The van der Waals surface area contributed by atoms with Crippen molar-refractivity contribution in [2.24, 2.45) is 0 Å². The molecule has 0 radical (unpaired) electrons. The molecule has 1 N–H and O–H groups in total. The molecule has 3 heterocycles. The maximum Gasteiger partial charge on any atom is 0.251 e. The normalized spacial score (nSPS) is 18.8. The van der Waals surface area contributed by atoms with Crippen LogP contribution < -0.4 is 10.2 Å². The van der Waals surface area contributed by atoms with Gasteiger partial charge in [-0.1, -0.05) is 0 Å². The van der Waals surface area contributed by atoms with Gasteiger partial charge in [0.25, 0.3) is 5.91 Å². The summed E-state index contributed by atoms with van der Waals surface area (Å²) in [5, 5.41) is 3.04. The number of rotatable bonds is 6. The molecular weight excluding hydrogens is 370 g/mol. The average molecular weight is 397 g/mol. The Balaban J connectivity index is 1.41. The molecule has 154 valence electrons. The van der Waals surface area contributed by atoms with Crippen LogP contribution in [0.25, 0.3) is 0 Å². The van der Waals surface area contributed by atoms with Gasteiger partial charge in [0.2, 0.25) is 5.91 Å². The Hall–Kier alpha value is -2.64. The second kappa shape index (κ2) is 8.80. The van der Waals surface area contributed by atoms with Crippen LogP contribution in [0.2, 0.25) is 0 Å². The molecule has 2 fully saturated rings. The number of nitrogens with one attached hydrogen (secondary N) is 1. The van der Waals surface area contributed by atoms with Gasteiger partial charge in [0, 0.05) is 43.9 Å². The summed E-state index contributed by atoms with van der Waals surface area (Å²) in [4.78, 5) is 28.6. The zero-order chi connectivity index (χ0) is 20.2. The van der Waals surface area contributed by atoms with E-state index < -0.39 is 0 Å². The summed E-state index contributed by atoms with van der Waals surface area (Å²) in [6, 6.07) is 11.1. The van der Waals surface area contributed by atoms with Crippen molar-refractivity contribution in [2.75, 3.05) is 44.3 Å². The standard InChI is InChI=1S/C22H27N3O4/c1-16-4-9-20(29-16)19(24-11-13-28-14-12-24)15-23-22(27)17-5-7-18(8-6-17)25-10-2-3-21(25)26/h4-9,19H,2-3,10-15H2,1H3,(H,23,27). The SMILES string of the molecule is Cc1ccc(C(CNC(=O)c2ccc(N3CCCC3=O)cc2)N2CCOCC2)o1. The lowest BCUT2D eigenvalue weighted by molar-refractivity contribution is -0.117. The molecule has 2 aliphatic rings. The van der Waals surface area contributed by atoms with Crippen LogP contribution in [0.5, 0.6) is 0 Å². The zero-order valence-corrected chi connectivity index (χ0v) is 16.7. The number of amides is 2. The van der Waals surface area contributed by atoms with E-state index in [1.54, 1.807) is 17.0 Å². The largest absolute Gasteiger partial charge is 0.465 e. The van der Waals surface area contributed by atoms with E-state index in [0.717, 1.165) is 43.3 Å². The Labute approximate surface area is 170 Å². The Morgan fingerprint density at radius 2 is 1.86 bits per heavy atom. The first kappa shape index (κ1) is 19.7. The maximum absolute atomic E-state index is 12.7. The second-order valence-electron chi connectivity index (χ2n) is 7.52. The number of hydrogen-bond donors (Lipinski definition) is 1. The minimum Gasteiger partial charge on any atom is -0.465 e. The molecule has 1 aromatic heterocycles. The lowest BCUT2D eigenvalue weighted by Gasteiger charge is -2.33. The molecule has 1 unspecified atom stereocenters. The fourth-order valence-corrected chi connectivity index (χ4v) is 3.94. The molecule has 2 aliphatic heterocycles. The van der Waals surface area contributed by atoms with Crippen molar-refractivity contribution in [3.63, 3.8) is 0 Å². The summed E-state index contributed by atoms with van der Waals surface area (Å²) >= 11 is 0. The van der Waals surface area contributed by atoms with Crippen LogP contribution in [-0.4, -0.2) is 56.1 Å². The summed E-state index contributed by atoms with van der Waals surface area (Å²) in [6.45, 7) is 6.09. The Bertz CT molecular complexity index is 855. The predicted octanol–water partition coefficient (Wildman–Crippen LogP) is 2.52. The quantitative estimate of drug-likeness (QED) is 0.811. The van der Waals surface area contributed by atoms with Crippen molar-refractivity contribution in [3.05, 3.63) is 53.5 Å². The molecule has 2 amide bonds. The number of carbonyl (C=O) groups excluding carboxylic acids is 2. The van der Waals surface area contributed by atoms with Crippen molar-refractivity contribution < 1.29 is 18.7 Å². The summed E-state index contributed by atoms with van der Waals surface area (Å²) in [6.07, 6.45) is 1.48. The van der Waals surface area contributed by atoms with E-state index >= 15 is 0 Å². The highest BCUT2D eigenvalue weighted by Crippen LogP contribution is 2.24. The van der Waals surface area contributed by atoms with E-state index in [1.807, 2.05) is 31.2 Å². The fourth-order valence-electron chi connectivity index (χ4n) is 3.94. The van der Waals surface area contributed by atoms with Gasteiger partial charge < -0.3 is 19.4 Å². The molecule has 7 nitrogen and oxygen atoms in total. The summed E-state index contributed by atoms with van der Waals surface area (Å²) < 4.78 is 11.3. The van der Waals surface area contributed by atoms with Crippen LogP contribution in [0.1, 0.15) is 40.8 Å². The van der Waals surface area contributed by atoms with Crippen molar-refractivity contribution in [3.8, 4) is 0 Å². The Kier molecular flexibility index (Phi) is 5.97. The first-order valence-corrected chi connectivity index (χ1v) is 10.2. The molecule has 0 spiro atoms. The van der Waals surface area contributed by atoms with Crippen LogP contribution in [0.15, 0.2) is 40.8 Å². The third-order valence-electron chi connectivity index (χ3n) is 5.55. The van der Waals surface area contributed by atoms with E-state index in [9.17, 15) is 9.59 Å². The van der Waals surface area contributed by atoms with Gasteiger partial charge in [0.1, 0.15) is 11.5 Å². The molecule has 2 saturated heterocycles. The number of carbonyl (C=O) groups is 2. The lowest BCUT2D eigenvalue weighted by atomic mass is 10.1. The molecule has 7 heteroatoms. The van der Waals surface area contributed by atoms with Crippen LogP contribution in [0.3, 0.4) is 0 Å². The van der Waals surface area contributed by atoms with E-state index in [2.05, 4.69) is 10.2 Å². The molecular formula is C22H27N3O4. The van der Waals surface area contributed by atoms with Crippen LogP contribution in [0.4, 0.5) is 5.69 Å². The third kappa shape index (κ3) is 4.52. The number of benzene rings is 1. The van der Waals surface area contributed by atoms with Gasteiger partial charge in [0.05, 0.1) is 19.3 Å². The molecule has 0 saturated carbocycles. The number of hydrogen-bond acceptors (Lipinski definition) is 5. The highest BCUT2D eigenvalue weighted by molar-refractivity contribution is 5.97. The second-order valence-corrected chi connectivity index (χ2v) is 7.52. The number of aryl methyl sites for hydroxylation is 1. The highest BCUT2D eigenvalue weighted by Gasteiger charge is 2.26. The Morgan fingerprint density at radius 3 is 2.48 bits per heavy atom. The number of morpholine rings is 1. The van der Waals surface area contributed by atoms with Gasteiger partial charge in [0.15, 0.2) is 0 Å². The van der Waals surface area contributed by atoms with Gasteiger partial charge in [-0.15, -0.1) is 0 Å². The average Bonchev–Trinajstić information content (AvgIpc) is 3.37. The smallest absolute Gasteiger partial charge is 0.251 e. The Morgan fingerprint density at radius 1 is 1.10 bits per heavy atom. The minimum absolute atomic E-state index is 0.0296.